The SMILES string of the molecule is N#Cc1ccc(NC(=O)c2c(F)cc(Br)cc2F)nc1. The summed E-state index contributed by atoms with van der Waals surface area (Å²) < 4.78 is 27.4. The predicted molar refractivity (Wildman–Crippen MR) is 71.0 cm³/mol. The number of anilines is 1. The van der Waals surface area contributed by atoms with Gasteiger partial charge in [0.25, 0.3) is 5.91 Å². The number of rotatable bonds is 2. The minimum atomic E-state index is -0.983. The second-order valence-corrected chi connectivity index (χ2v) is 4.66. The molecule has 1 heterocycles. The fourth-order valence-electron chi connectivity index (χ4n) is 1.47. The summed E-state index contributed by atoms with van der Waals surface area (Å²) in [5.74, 6) is -2.83. The number of carbonyl (C=O) groups is 1. The lowest BCUT2D eigenvalue weighted by molar-refractivity contribution is 0.101. The molecule has 2 rings (SSSR count). The van der Waals surface area contributed by atoms with Gasteiger partial charge in [0.2, 0.25) is 0 Å². The van der Waals surface area contributed by atoms with E-state index in [2.05, 4.69) is 26.2 Å². The van der Waals surface area contributed by atoms with Gasteiger partial charge in [-0.1, -0.05) is 15.9 Å². The fraction of sp³-hybridized carbons (Fsp3) is 0. The molecule has 0 bridgehead atoms. The van der Waals surface area contributed by atoms with E-state index < -0.39 is 23.1 Å². The molecule has 2 aromatic rings. The zero-order chi connectivity index (χ0) is 14.7. The van der Waals surface area contributed by atoms with Crippen molar-refractivity contribution < 1.29 is 13.6 Å². The van der Waals surface area contributed by atoms with E-state index >= 15 is 0 Å². The Kier molecular flexibility index (Phi) is 4.05. The molecule has 100 valence electrons. The molecule has 0 radical (unpaired) electrons. The molecular weight excluding hydrogens is 332 g/mol. The number of pyridine rings is 1. The van der Waals surface area contributed by atoms with Gasteiger partial charge >= 0.3 is 0 Å². The Morgan fingerprint density at radius 2 is 1.95 bits per heavy atom. The van der Waals surface area contributed by atoms with Crippen LogP contribution in [0.15, 0.2) is 34.9 Å². The number of hydrogen-bond acceptors (Lipinski definition) is 3. The summed E-state index contributed by atoms with van der Waals surface area (Å²) in [5, 5.41) is 10.9. The van der Waals surface area contributed by atoms with Gasteiger partial charge in [0, 0.05) is 10.7 Å². The van der Waals surface area contributed by atoms with E-state index in [0.29, 0.717) is 5.56 Å². The van der Waals surface area contributed by atoms with Crippen LogP contribution in [0.4, 0.5) is 14.6 Å². The second kappa shape index (κ2) is 5.75. The minimum absolute atomic E-state index is 0.0933. The highest BCUT2D eigenvalue weighted by Crippen LogP contribution is 2.20. The zero-order valence-electron chi connectivity index (χ0n) is 9.82. The maximum absolute atomic E-state index is 13.6. The monoisotopic (exact) mass is 337 g/mol. The standard InChI is InChI=1S/C13H6BrF2N3O/c14-8-3-9(15)12(10(16)4-8)13(20)19-11-2-1-7(5-17)6-18-11/h1-4,6H,(H,18,19,20). The number of hydrogen-bond donors (Lipinski definition) is 1. The number of carbonyl (C=O) groups excluding carboxylic acids is 1. The summed E-state index contributed by atoms with van der Waals surface area (Å²) in [6.45, 7) is 0. The Labute approximate surface area is 121 Å². The lowest BCUT2D eigenvalue weighted by Gasteiger charge is -2.07. The third-order valence-corrected chi connectivity index (χ3v) is 2.83. The number of nitriles is 1. The van der Waals surface area contributed by atoms with E-state index in [4.69, 9.17) is 5.26 Å². The molecule has 1 aromatic carbocycles. The maximum atomic E-state index is 13.6. The first-order valence-electron chi connectivity index (χ1n) is 5.33. The van der Waals surface area contributed by atoms with Gasteiger partial charge < -0.3 is 5.32 Å². The lowest BCUT2D eigenvalue weighted by atomic mass is 10.2. The van der Waals surface area contributed by atoms with Gasteiger partial charge in [-0.3, -0.25) is 4.79 Å². The van der Waals surface area contributed by atoms with Gasteiger partial charge in [-0.25, -0.2) is 13.8 Å². The van der Waals surface area contributed by atoms with Gasteiger partial charge in [-0.05, 0) is 24.3 Å². The number of amides is 1. The van der Waals surface area contributed by atoms with Crippen LogP contribution in [-0.2, 0) is 0 Å². The largest absolute Gasteiger partial charge is 0.306 e. The molecule has 20 heavy (non-hydrogen) atoms. The normalized spacial score (nSPS) is 9.90. The minimum Gasteiger partial charge on any atom is -0.306 e. The van der Waals surface area contributed by atoms with Crippen LogP contribution in [0.5, 0.6) is 0 Å². The molecule has 7 heteroatoms. The predicted octanol–water partition coefficient (Wildman–Crippen LogP) is 3.25. The van der Waals surface area contributed by atoms with Crippen molar-refractivity contribution >= 4 is 27.7 Å². The molecule has 0 aliphatic rings. The molecule has 0 spiro atoms. The van der Waals surface area contributed by atoms with E-state index in [-0.39, 0.29) is 10.3 Å². The molecule has 0 saturated heterocycles. The molecule has 0 aliphatic heterocycles. The molecule has 0 unspecified atom stereocenters. The summed E-state index contributed by atoms with van der Waals surface area (Å²) in [5.41, 5.74) is -0.386. The van der Waals surface area contributed by atoms with Crippen LogP contribution >= 0.6 is 15.9 Å². The van der Waals surface area contributed by atoms with Gasteiger partial charge in [-0.15, -0.1) is 0 Å². The van der Waals surface area contributed by atoms with E-state index in [1.54, 1.807) is 0 Å². The first-order valence-corrected chi connectivity index (χ1v) is 6.12. The summed E-state index contributed by atoms with van der Waals surface area (Å²) in [7, 11) is 0. The van der Waals surface area contributed by atoms with Crippen molar-refractivity contribution in [1.82, 2.24) is 4.98 Å². The fourth-order valence-corrected chi connectivity index (χ4v) is 1.87. The Morgan fingerprint density at radius 3 is 2.45 bits per heavy atom. The molecule has 1 aromatic heterocycles. The first kappa shape index (κ1) is 14.1. The van der Waals surface area contributed by atoms with Crippen LogP contribution in [0.25, 0.3) is 0 Å². The van der Waals surface area contributed by atoms with Crippen molar-refractivity contribution in [1.29, 1.82) is 5.26 Å². The molecule has 0 aliphatic carbocycles. The van der Waals surface area contributed by atoms with Crippen molar-refractivity contribution in [3.05, 3.63) is 57.7 Å². The van der Waals surface area contributed by atoms with Crippen LogP contribution in [-0.4, -0.2) is 10.9 Å². The third-order valence-electron chi connectivity index (χ3n) is 2.37. The van der Waals surface area contributed by atoms with Crippen LogP contribution in [0.3, 0.4) is 0 Å². The van der Waals surface area contributed by atoms with E-state index in [0.717, 1.165) is 12.1 Å². The summed E-state index contributed by atoms with van der Waals surface area (Å²) in [6.07, 6.45) is 1.24. The highest BCUT2D eigenvalue weighted by molar-refractivity contribution is 9.10. The van der Waals surface area contributed by atoms with Crippen molar-refractivity contribution in [2.24, 2.45) is 0 Å². The van der Waals surface area contributed by atoms with Crippen molar-refractivity contribution in [2.45, 2.75) is 0 Å². The molecule has 0 saturated carbocycles. The van der Waals surface area contributed by atoms with Gasteiger partial charge in [-0.2, -0.15) is 5.26 Å². The molecule has 0 atom stereocenters. The van der Waals surface area contributed by atoms with E-state index in [1.165, 1.54) is 18.3 Å². The number of nitrogens with zero attached hydrogens (tertiary/aromatic N) is 2. The molecule has 1 N–H and O–H groups in total. The summed E-state index contributed by atoms with van der Waals surface area (Å²) in [6, 6.07) is 6.64. The quantitative estimate of drug-likeness (QED) is 0.914. The Bertz CT molecular complexity index is 688. The topological polar surface area (TPSA) is 65.8 Å². The summed E-state index contributed by atoms with van der Waals surface area (Å²) in [4.78, 5) is 15.6. The highest BCUT2D eigenvalue weighted by Gasteiger charge is 2.18. The van der Waals surface area contributed by atoms with Crippen LogP contribution < -0.4 is 5.32 Å². The average Bonchev–Trinajstić information content (AvgIpc) is 2.38. The van der Waals surface area contributed by atoms with Crippen LogP contribution in [0.1, 0.15) is 15.9 Å². The van der Waals surface area contributed by atoms with E-state index in [1.807, 2.05) is 6.07 Å². The van der Waals surface area contributed by atoms with Gasteiger partial charge in [0.15, 0.2) is 0 Å². The van der Waals surface area contributed by atoms with Crippen molar-refractivity contribution in [2.75, 3.05) is 5.32 Å². The molecule has 4 nitrogen and oxygen atoms in total. The highest BCUT2D eigenvalue weighted by atomic mass is 79.9. The molecule has 1 amide bonds. The van der Waals surface area contributed by atoms with Crippen LogP contribution in [0, 0.1) is 23.0 Å². The Morgan fingerprint density at radius 1 is 1.30 bits per heavy atom. The molecule has 0 fully saturated rings. The number of nitrogens with one attached hydrogen (secondary N) is 1. The number of aromatic nitrogens is 1. The average molecular weight is 338 g/mol. The van der Waals surface area contributed by atoms with Gasteiger partial charge in [0.05, 0.1) is 5.56 Å². The Balaban J connectivity index is 2.26. The molecular formula is C13H6BrF2N3O. The lowest BCUT2D eigenvalue weighted by Crippen LogP contribution is -2.16. The number of halogens is 3. The summed E-state index contributed by atoms with van der Waals surface area (Å²) >= 11 is 2.92. The second-order valence-electron chi connectivity index (χ2n) is 3.74. The first-order chi connectivity index (χ1) is 9.51. The number of benzene rings is 1. The van der Waals surface area contributed by atoms with Crippen molar-refractivity contribution in [3.63, 3.8) is 0 Å². The maximum Gasteiger partial charge on any atom is 0.262 e. The Hall–Kier alpha value is -2.33. The van der Waals surface area contributed by atoms with E-state index in [9.17, 15) is 13.6 Å². The zero-order valence-corrected chi connectivity index (χ0v) is 11.4. The van der Waals surface area contributed by atoms with Crippen LogP contribution in [0.2, 0.25) is 0 Å². The third kappa shape index (κ3) is 2.97. The van der Waals surface area contributed by atoms with Gasteiger partial charge in [0.1, 0.15) is 29.1 Å². The van der Waals surface area contributed by atoms with Crippen molar-refractivity contribution in [3.8, 4) is 6.07 Å². The smallest absolute Gasteiger partial charge is 0.262 e.